The van der Waals surface area contributed by atoms with E-state index in [1.165, 1.54) is 6.92 Å². The van der Waals surface area contributed by atoms with Gasteiger partial charge in [0.1, 0.15) is 0 Å². The Kier molecular flexibility index (Phi) is 4.14. The molecule has 0 unspecified atom stereocenters. The topological polar surface area (TPSA) is 86.9 Å². The average Bonchev–Trinajstić information content (AvgIpc) is 2.86. The molecule has 2 rings (SSSR count). The zero-order chi connectivity index (χ0) is 14.5. The van der Waals surface area contributed by atoms with Crippen LogP contribution in [0.15, 0.2) is 30.3 Å². The molecule has 0 radical (unpaired) electrons. The van der Waals surface area contributed by atoms with E-state index in [0.29, 0.717) is 17.1 Å². The van der Waals surface area contributed by atoms with E-state index in [2.05, 4.69) is 20.8 Å². The van der Waals surface area contributed by atoms with E-state index in [-0.39, 0.29) is 11.8 Å². The molecule has 0 fully saturated rings. The van der Waals surface area contributed by atoms with E-state index >= 15 is 0 Å². The number of H-pyrrole nitrogens is 1. The van der Waals surface area contributed by atoms with Crippen molar-refractivity contribution >= 4 is 23.3 Å². The summed E-state index contributed by atoms with van der Waals surface area (Å²) in [6, 6.07) is 8.09. The number of aryl methyl sites for hydroxylation is 1. The van der Waals surface area contributed by atoms with Crippen LogP contribution in [0.3, 0.4) is 0 Å². The van der Waals surface area contributed by atoms with Crippen molar-refractivity contribution in [3.63, 3.8) is 0 Å². The molecule has 0 spiro atoms. The first-order chi connectivity index (χ1) is 9.58. The van der Waals surface area contributed by atoms with Crippen LogP contribution in [0.2, 0.25) is 0 Å². The van der Waals surface area contributed by atoms with Gasteiger partial charge in [0.05, 0.1) is 0 Å². The largest absolute Gasteiger partial charge is 0.324 e. The predicted molar refractivity (Wildman–Crippen MR) is 77.1 cm³/mol. The van der Waals surface area contributed by atoms with Crippen LogP contribution in [-0.4, -0.2) is 22.0 Å². The SMILES string of the molecule is CCc1cc(NC(=O)Nc2ccc(C(C)=O)cc2)n[nH]1. The predicted octanol–water partition coefficient (Wildman–Crippen LogP) is 2.82. The number of Topliss-reactive ketones (excluding diaryl/α,β-unsaturated/α-hetero) is 1. The Morgan fingerprint density at radius 1 is 1.20 bits per heavy atom. The number of urea groups is 1. The van der Waals surface area contributed by atoms with Crippen molar-refractivity contribution in [3.8, 4) is 0 Å². The molecule has 2 amide bonds. The number of aromatic amines is 1. The van der Waals surface area contributed by atoms with Crippen LogP contribution in [0.25, 0.3) is 0 Å². The summed E-state index contributed by atoms with van der Waals surface area (Å²) in [4.78, 5) is 22.9. The average molecular weight is 272 g/mol. The van der Waals surface area contributed by atoms with Crippen molar-refractivity contribution in [2.45, 2.75) is 20.3 Å². The lowest BCUT2D eigenvalue weighted by Gasteiger charge is -2.05. The summed E-state index contributed by atoms with van der Waals surface area (Å²) in [7, 11) is 0. The van der Waals surface area contributed by atoms with Gasteiger partial charge in [-0.2, -0.15) is 5.10 Å². The highest BCUT2D eigenvalue weighted by Gasteiger charge is 2.06. The van der Waals surface area contributed by atoms with Gasteiger partial charge in [-0.05, 0) is 37.6 Å². The minimum atomic E-state index is -0.380. The summed E-state index contributed by atoms with van der Waals surface area (Å²) in [6.07, 6.45) is 0.822. The van der Waals surface area contributed by atoms with Crippen LogP contribution < -0.4 is 10.6 Å². The third-order valence-electron chi connectivity index (χ3n) is 2.80. The maximum absolute atomic E-state index is 11.8. The fourth-order valence-corrected chi connectivity index (χ4v) is 1.67. The number of hydrogen-bond donors (Lipinski definition) is 3. The molecule has 3 N–H and O–H groups in total. The van der Waals surface area contributed by atoms with E-state index in [9.17, 15) is 9.59 Å². The van der Waals surface area contributed by atoms with Gasteiger partial charge in [0, 0.05) is 23.0 Å². The Hall–Kier alpha value is -2.63. The fraction of sp³-hybridized carbons (Fsp3) is 0.214. The first-order valence-corrected chi connectivity index (χ1v) is 6.31. The monoisotopic (exact) mass is 272 g/mol. The van der Waals surface area contributed by atoms with Crippen molar-refractivity contribution in [1.82, 2.24) is 10.2 Å². The lowest BCUT2D eigenvalue weighted by atomic mass is 10.1. The second kappa shape index (κ2) is 6.01. The first-order valence-electron chi connectivity index (χ1n) is 6.31. The zero-order valence-corrected chi connectivity index (χ0v) is 11.4. The maximum Gasteiger partial charge on any atom is 0.324 e. The number of aromatic nitrogens is 2. The Labute approximate surface area is 116 Å². The summed E-state index contributed by atoms with van der Waals surface area (Å²) < 4.78 is 0. The third-order valence-corrected chi connectivity index (χ3v) is 2.80. The van der Waals surface area contributed by atoms with Gasteiger partial charge in [0.2, 0.25) is 0 Å². The van der Waals surface area contributed by atoms with Crippen molar-refractivity contribution in [1.29, 1.82) is 0 Å². The molecule has 0 bridgehead atoms. The van der Waals surface area contributed by atoms with Gasteiger partial charge >= 0.3 is 6.03 Å². The number of ketones is 1. The smallest absolute Gasteiger partial charge is 0.308 e. The highest BCUT2D eigenvalue weighted by molar-refractivity contribution is 6.00. The standard InChI is InChI=1S/C14H16N4O2/c1-3-11-8-13(18-17-11)16-14(20)15-12-6-4-10(5-7-12)9(2)19/h4-8H,3H2,1-2H3,(H3,15,16,17,18,20). The molecule has 20 heavy (non-hydrogen) atoms. The molecule has 0 aliphatic carbocycles. The van der Waals surface area contributed by atoms with Gasteiger partial charge in [-0.1, -0.05) is 6.92 Å². The lowest BCUT2D eigenvalue weighted by Crippen LogP contribution is -2.19. The summed E-state index contributed by atoms with van der Waals surface area (Å²) in [5, 5.41) is 12.1. The summed E-state index contributed by atoms with van der Waals surface area (Å²) in [5.41, 5.74) is 2.17. The first kappa shape index (κ1) is 13.8. The second-order valence-corrected chi connectivity index (χ2v) is 4.34. The van der Waals surface area contributed by atoms with Crippen LogP contribution in [0.4, 0.5) is 16.3 Å². The van der Waals surface area contributed by atoms with Crippen LogP contribution in [0.1, 0.15) is 29.9 Å². The van der Waals surface area contributed by atoms with Crippen molar-refractivity contribution in [2.75, 3.05) is 10.6 Å². The van der Waals surface area contributed by atoms with Crippen molar-refractivity contribution in [2.24, 2.45) is 0 Å². The van der Waals surface area contributed by atoms with E-state index in [1.54, 1.807) is 30.3 Å². The Morgan fingerprint density at radius 2 is 1.90 bits per heavy atom. The maximum atomic E-state index is 11.8. The van der Waals surface area contributed by atoms with E-state index in [1.807, 2.05) is 6.92 Å². The lowest BCUT2D eigenvalue weighted by molar-refractivity contribution is 0.101. The fourth-order valence-electron chi connectivity index (χ4n) is 1.67. The highest BCUT2D eigenvalue weighted by atomic mass is 16.2. The van der Waals surface area contributed by atoms with Gasteiger partial charge in [0.15, 0.2) is 11.6 Å². The van der Waals surface area contributed by atoms with E-state index in [4.69, 9.17) is 0 Å². The molecule has 1 heterocycles. The van der Waals surface area contributed by atoms with Gasteiger partial charge in [-0.3, -0.25) is 15.2 Å². The Morgan fingerprint density at radius 3 is 2.45 bits per heavy atom. The molecule has 1 aromatic heterocycles. The molecular formula is C14H16N4O2. The van der Waals surface area contributed by atoms with Crippen LogP contribution >= 0.6 is 0 Å². The molecule has 0 saturated heterocycles. The molecule has 0 atom stereocenters. The number of carbonyl (C=O) groups is 2. The van der Waals surface area contributed by atoms with Crippen LogP contribution in [0.5, 0.6) is 0 Å². The Balaban J connectivity index is 1.95. The molecule has 0 aliphatic heterocycles. The van der Waals surface area contributed by atoms with Crippen molar-refractivity contribution < 1.29 is 9.59 Å². The minimum absolute atomic E-state index is 0.00961. The van der Waals surface area contributed by atoms with E-state index < -0.39 is 0 Å². The number of amides is 2. The number of anilines is 2. The quantitative estimate of drug-likeness (QED) is 0.748. The molecule has 6 nitrogen and oxygen atoms in total. The molecule has 1 aromatic carbocycles. The van der Waals surface area contributed by atoms with Gasteiger partial charge in [0.25, 0.3) is 0 Å². The molecular weight excluding hydrogens is 256 g/mol. The molecule has 104 valence electrons. The number of nitrogens with one attached hydrogen (secondary N) is 3. The van der Waals surface area contributed by atoms with E-state index in [0.717, 1.165) is 12.1 Å². The number of rotatable bonds is 4. The summed E-state index contributed by atoms with van der Waals surface area (Å²) >= 11 is 0. The number of nitrogens with zero attached hydrogens (tertiary/aromatic N) is 1. The number of carbonyl (C=O) groups excluding carboxylic acids is 2. The number of hydrogen-bond acceptors (Lipinski definition) is 3. The molecule has 0 aliphatic rings. The molecule has 6 heteroatoms. The summed E-state index contributed by atoms with van der Waals surface area (Å²) in [6.45, 7) is 3.49. The van der Waals surface area contributed by atoms with Crippen molar-refractivity contribution in [3.05, 3.63) is 41.6 Å². The molecule has 2 aromatic rings. The van der Waals surface area contributed by atoms with Gasteiger partial charge in [-0.15, -0.1) is 0 Å². The van der Waals surface area contributed by atoms with Gasteiger partial charge in [-0.25, -0.2) is 4.79 Å². The zero-order valence-electron chi connectivity index (χ0n) is 11.4. The Bertz CT molecular complexity index is 616. The minimum Gasteiger partial charge on any atom is -0.308 e. The second-order valence-electron chi connectivity index (χ2n) is 4.34. The highest BCUT2D eigenvalue weighted by Crippen LogP contribution is 2.11. The summed E-state index contributed by atoms with van der Waals surface area (Å²) in [5.74, 6) is 0.462. The third kappa shape index (κ3) is 3.44. The van der Waals surface area contributed by atoms with Crippen LogP contribution in [-0.2, 0) is 6.42 Å². The van der Waals surface area contributed by atoms with Crippen LogP contribution in [0, 0.1) is 0 Å². The molecule has 0 saturated carbocycles. The van der Waals surface area contributed by atoms with Gasteiger partial charge < -0.3 is 5.32 Å². The normalized spacial score (nSPS) is 10.1. The number of benzene rings is 1.